The number of carbonyl (C=O) groups is 1. The summed E-state index contributed by atoms with van der Waals surface area (Å²) in [4.78, 5) is 12.0. The number of ether oxygens (including phenoxy) is 1. The van der Waals surface area contributed by atoms with Crippen molar-refractivity contribution in [1.29, 1.82) is 0 Å². The monoisotopic (exact) mass is 262 g/mol. The highest BCUT2D eigenvalue weighted by atomic mass is 32.2. The van der Waals surface area contributed by atoms with Crippen molar-refractivity contribution in [3.05, 3.63) is 0 Å². The highest BCUT2D eigenvalue weighted by molar-refractivity contribution is 7.91. The maximum atomic E-state index is 12.0. The van der Waals surface area contributed by atoms with Gasteiger partial charge in [-0.05, 0) is 26.2 Å². The Bertz CT molecular complexity index is 361. The average Bonchev–Trinajstić information content (AvgIpc) is 2.28. The van der Waals surface area contributed by atoms with Crippen LogP contribution in [-0.4, -0.2) is 38.9 Å². The molecule has 100 valence electrons. The summed E-state index contributed by atoms with van der Waals surface area (Å²) in [5, 5.41) is -0.331. The molecule has 0 aromatic rings. The number of sulfone groups is 1. The predicted octanol–water partition coefficient (Wildman–Crippen LogP) is 1.58. The second-order valence-electron chi connectivity index (χ2n) is 5.03. The molecule has 5 heteroatoms. The number of hydrogen-bond donors (Lipinski definition) is 0. The maximum absolute atomic E-state index is 12.0. The zero-order valence-electron chi connectivity index (χ0n) is 10.8. The van der Waals surface area contributed by atoms with Crippen LogP contribution < -0.4 is 0 Å². The Labute approximate surface area is 104 Å². The molecule has 3 atom stereocenters. The lowest BCUT2D eigenvalue weighted by Gasteiger charge is -2.27. The highest BCUT2D eigenvalue weighted by Gasteiger charge is 2.32. The van der Waals surface area contributed by atoms with Crippen LogP contribution in [0.25, 0.3) is 0 Å². The minimum atomic E-state index is -3.01. The van der Waals surface area contributed by atoms with Crippen LogP contribution in [0.2, 0.25) is 0 Å². The number of carbonyl (C=O) groups excluding carboxylic acids is 1. The topological polar surface area (TPSA) is 60.4 Å². The number of methoxy groups -OCH3 is 1. The van der Waals surface area contributed by atoms with Gasteiger partial charge in [0.2, 0.25) is 0 Å². The molecule has 1 aliphatic rings. The van der Waals surface area contributed by atoms with Gasteiger partial charge in [-0.3, -0.25) is 4.79 Å². The number of Topliss-reactive ketones (excluding diaryl/α,β-unsaturated/α-hetero) is 1. The van der Waals surface area contributed by atoms with Gasteiger partial charge >= 0.3 is 0 Å². The lowest BCUT2D eigenvalue weighted by molar-refractivity contribution is -0.125. The zero-order valence-corrected chi connectivity index (χ0v) is 11.6. The fraction of sp³-hybridized carbons (Fsp3) is 0.917. The summed E-state index contributed by atoms with van der Waals surface area (Å²) in [6, 6.07) is 0. The fourth-order valence-corrected chi connectivity index (χ4v) is 3.54. The van der Waals surface area contributed by atoms with E-state index in [1.165, 1.54) is 6.26 Å². The van der Waals surface area contributed by atoms with E-state index in [1.54, 1.807) is 7.11 Å². The second-order valence-corrected chi connectivity index (χ2v) is 7.36. The van der Waals surface area contributed by atoms with Gasteiger partial charge in [0, 0.05) is 25.7 Å². The molecule has 0 spiro atoms. The van der Waals surface area contributed by atoms with E-state index in [-0.39, 0.29) is 23.1 Å². The molecular formula is C12H22O4S. The summed E-state index contributed by atoms with van der Waals surface area (Å²) >= 11 is 0. The molecule has 0 aromatic carbocycles. The van der Waals surface area contributed by atoms with E-state index in [0.29, 0.717) is 19.3 Å². The molecular weight excluding hydrogens is 240 g/mol. The third kappa shape index (κ3) is 4.39. The van der Waals surface area contributed by atoms with Crippen LogP contribution in [0.5, 0.6) is 0 Å². The van der Waals surface area contributed by atoms with Crippen molar-refractivity contribution < 1.29 is 17.9 Å². The summed E-state index contributed by atoms with van der Waals surface area (Å²) < 4.78 is 28.1. The fourth-order valence-electron chi connectivity index (χ4n) is 2.36. The van der Waals surface area contributed by atoms with Crippen LogP contribution in [0, 0.1) is 5.92 Å². The van der Waals surface area contributed by atoms with E-state index >= 15 is 0 Å². The van der Waals surface area contributed by atoms with Gasteiger partial charge in [0.15, 0.2) is 0 Å². The minimum absolute atomic E-state index is 0.0823. The highest BCUT2D eigenvalue weighted by Crippen LogP contribution is 2.30. The number of rotatable bonds is 5. The summed E-state index contributed by atoms with van der Waals surface area (Å²) in [5.41, 5.74) is 0. The molecule has 0 bridgehead atoms. The van der Waals surface area contributed by atoms with Gasteiger partial charge in [-0.2, -0.15) is 0 Å². The van der Waals surface area contributed by atoms with E-state index in [9.17, 15) is 13.2 Å². The third-order valence-electron chi connectivity index (χ3n) is 3.58. The Morgan fingerprint density at radius 1 is 1.41 bits per heavy atom. The summed E-state index contributed by atoms with van der Waals surface area (Å²) in [6.07, 6.45) is 4.41. The van der Waals surface area contributed by atoms with Crippen LogP contribution in [0.1, 0.15) is 39.0 Å². The van der Waals surface area contributed by atoms with Gasteiger partial charge in [-0.15, -0.1) is 0 Å². The van der Waals surface area contributed by atoms with E-state index < -0.39 is 9.84 Å². The van der Waals surface area contributed by atoms with E-state index in [4.69, 9.17) is 4.74 Å². The SMILES string of the molecule is COC(C)CC(=O)C1CCCC(S(C)(=O)=O)C1. The molecule has 4 nitrogen and oxygen atoms in total. The van der Waals surface area contributed by atoms with Crippen molar-refractivity contribution in [1.82, 2.24) is 0 Å². The molecule has 0 amide bonds. The normalized spacial score (nSPS) is 27.7. The van der Waals surface area contributed by atoms with Crippen LogP contribution in [0.4, 0.5) is 0 Å². The lowest BCUT2D eigenvalue weighted by atomic mass is 9.84. The number of hydrogen-bond acceptors (Lipinski definition) is 4. The largest absolute Gasteiger partial charge is 0.381 e. The average molecular weight is 262 g/mol. The van der Waals surface area contributed by atoms with Gasteiger partial charge in [0.1, 0.15) is 15.6 Å². The minimum Gasteiger partial charge on any atom is -0.381 e. The van der Waals surface area contributed by atoms with Crippen molar-refractivity contribution in [2.45, 2.75) is 50.4 Å². The summed E-state index contributed by atoms with van der Waals surface area (Å²) in [6.45, 7) is 1.86. The first-order valence-corrected chi connectivity index (χ1v) is 8.04. The quantitative estimate of drug-likeness (QED) is 0.755. The predicted molar refractivity (Wildman–Crippen MR) is 66.7 cm³/mol. The van der Waals surface area contributed by atoms with Gasteiger partial charge in [-0.25, -0.2) is 8.42 Å². The first-order valence-electron chi connectivity index (χ1n) is 6.09. The molecule has 0 N–H and O–H groups in total. The van der Waals surface area contributed by atoms with E-state index in [1.807, 2.05) is 6.92 Å². The zero-order chi connectivity index (χ0) is 13.1. The molecule has 0 heterocycles. The van der Waals surface area contributed by atoms with Crippen molar-refractivity contribution >= 4 is 15.6 Å². The molecule has 1 saturated carbocycles. The van der Waals surface area contributed by atoms with E-state index in [0.717, 1.165) is 12.8 Å². The Morgan fingerprint density at radius 3 is 2.59 bits per heavy atom. The van der Waals surface area contributed by atoms with Crippen molar-refractivity contribution in [3.8, 4) is 0 Å². The van der Waals surface area contributed by atoms with Gasteiger partial charge in [0.25, 0.3) is 0 Å². The van der Waals surface area contributed by atoms with Crippen molar-refractivity contribution in [3.63, 3.8) is 0 Å². The Hall–Kier alpha value is -0.420. The first kappa shape index (κ1) is 14.6. The lowest BCUT2D eigenvalue weighted by Crippen LogP contribution is -2.32. The standard InChI is InChI=1S/C12H22O4S/c1-9(16-2)7-12(13)10-5-4-6-11(8-10)17(3,14)15/h9-11H,4-8H2,1-3H3. The molecule has 0 saturated heterocycles. The molecule has 1 rings (SSSR count). The van der Waals surface area contributed by atoms with Crippen LogP contribution >= 0.6 is 0 Å². The van der Waals surface area contributed by atoms with Crippen molar-refractivity contribution in [2.24, 2.45) is 5.92 Å². The van der Waals surface area contributed by atoms with Crippen molar-refractivity contribution in [2.75, 3.05) is 13.4 Å². The molecule has 0 aromatic heterocycles. The van der Waals surface area contributed by atoms with Crippen LogP contribution in [0.3, 0.4) is 0 Å². The summed E-state index contributed by atoms with van der Waals surface area (Å²) in [7, 11) is -1.43. The smallest absolute Gasteiger partial charge is 0.150 e. The Morgan fingerprint density at radius 2 is 2.06 bits per heavy atom. The van der Waals surface area contributed by atoms with Crippen LogP contribution in [-0.2, 0) is 19.4 Å². The van der Waals surface area contributed by atoms with Gasteiger partial charge in [0.05, 0.1) is 11.4 Å². The van der Waals surface area contributed by atoms with Crippen LogP contribution in [0.15, 0.2) is 0 Å². The van der Waals surface area contributed by atoms with Gasteiger partial charge < -0.3 is 4.74 Å². The summed E-state index contributed by atoms with van der Waals surface area (Å²) in [5.74, 6) is 0.0498. The molecule has 17 heavy (non-hydrogen) atoms. The molecule has 0 aliphatic heterocycles. The molecule has 1 fully saturated rings. The van der Waals surface area contributed by atoms with Gasteiger partial charge in [-0.1, -0.05) is 6.42 Å². The van der Waals surface area contributed by atoms with E-state index in [2.05, 4.69) is 0 Å². The third-order valence-corrected chi connectivity index (χ3v) is 5.22. The molecule has 3 unspecified atom stereocenters. The molecule has 1 aliphatic carbocycles. The number of ketones is 1. The Kier molecular flexibility index (Phi) is 5.13. The molecule has 0 radical (unpaired) electrons. The Balaban J connectivity index is 2.58. The second kappa shape index (κ2) is 5.96. The first-order chi connectivity index (χ1) is 7.84. The maximum Gasteiger partial charge on any atom is 0.150 e.